The lowest BCUT2D eigenvalue weighted by atomic mass is 10.0. The fourth-order valence-electron chi connectivity index (χ4n) is 2.10. The van der Waals surface area contributed by atoms with Crippen molar-refractivity contribution in [2.45, 2.75) is 12.5 Å². The van der Waals surface area contributed by atoms with Crippen molar-refractivity contribution in [2.75, 3.05) is 14.1 Å². The van der Waals surface area contributed by atoms with Gasteiger partial charge in [0, 0.05) is 7.05 Å². The molecule has 94 valence electrons. The molecule has 0 saturated carbocycles. The Morgan fingerprint density at radius 1 is 1.11 bits per heavy atom. The Kier molecular flexibility index (Phi) is 3.95. The Hall–Kier alpha value is -1.87. The molecule has 2 aromatic carbocycles. The van der Waals surface area contributed by atoms with E-state index >= 15 is 0 Å². The minimum absolute atomic E-state index is 0.0191. The largest absolute Gasteiger partial charge is 0.358 e. The molecule has 0 aliphatic heterocycles. The summed E-state index contributed by atoms with van der Waals surface area (Å²) in [6.07, 6.45) is 0.695. The summed E-state index contributed by atoms with van der Waals surface area (Å²) in [5.74, 6) is 0.0191. The highest BCUT2D eigenvalue weighted by Gasteiger charge is 2.15. The molecule has 3 nitrogen and oxygen atoms in total. The van der Waals surface area contributed by atoms with Crippen molar-refractivity contribution in [2.24, 2.45) is 0 Å². The van der Waals surface area contributed by atoms with Crippen LogP contribution in [0.2, 0.25) is 0 Å². The third-order valence-electron chi connectivity index (χ3n) is 3.17. The maximum atomic E-state index is 11.6. The standard InChI is InChI=1S/C15H18N2O/c1-16-14(15(18)17-2)10-11-7-8-12-5-3-4-6-13(12)9-11/h3-9,14,16H,10H2,1-2H3,(H,17,18)/t14-/m0/s1. The number of nitrogens with one attached hydrogen (secondary N) is 2. The number of rotatable bonds is 4. The number of carbonyl (C=O) groups is 1. The molecule has 0 spiro atoms. The molecule has 2 rings (SSSR count). The van der Waals surface area contributed by atoms with Crippen LogP contribution in [0.5, 0.6) is 0 Å². The van der Waals surface area contributed by atoms with Crippen LogP contribution in [-0.2, 0) is 11.2 Å². The molecular weight excluding hydrogens is 224 g/mol. The predicted molar refractivity (Wildman–Crippen MR) is 74.6 cm³/mol. The Morgan fingerprint density at radius 2 is 1.83 bits per heavy atom. The van der Waals surface area contributed by atoms with Gasteiger partial charge in [-0.3, -0.25) is 4.79 Å². The number of hydrogen-bond donors (Lipinski definition) is 2. The summed E-state index contributed by atoms with van der Waals surface area (Å²) < 4.78 is 0. The van der Waals surface area contributed by atoms with Gasteiger partial charge in [-0.2, -0.15) is 0 Å². The number of benzene rings is 2. The molecular formula is C15H18N2O. The molecule has 0 unspecified atom stereocenters. The quantitative estimate of drug-likeness (QED) is 0.857. The summed E-state index contributed by atoms with van der Waals surface area (Å²) in [5.41, 5.74) is 1.16. The van der Waals surface area contributed by atoms with Crippen molar-refractivity contribution in [3.05, 3.63) is 48.0 Å². The van der Waals surface area contributed by atoms with Gasteiger partial charge in [0.25, 0.3) is 0 Å². The minimum Gasteiger partial charge on any atom is -0.358 e. The number of likely N-dealkylation sites (N-methyl/N-ethyl adjacent to an activating group) is 2. The molecule has 1 amide bonds. The second kappa shape index (κ2) is 5.65. The maximum absolute atomic E-state index is 11.6. The van der Waals surface area contributed by atoms with E-state index in [4.69, 9.17) is 0 Å². The molecule has 0 aliphatic rings. The SMILES string of the molecule is CNC(=O)[C@H](Cc1ccc2ccccc2c1)NC. The molecule has 0 fully saturated rings. The van der Waals surface area contributed by atoms with Crippen molar-refractivity contribution in [3.8, 4) is 0 Å². The highest BCUT2D eigenvalue weighted by atomic mass is 16.2. The Labute approximate surface area is 107 Å². The van der Waals surface area contributed by atoms with Gasteiger partial charge in [-0.25, -0.2) is 0 Å². The Morgan fingerprint density at radius 3 is 2.50 bits per heavy atom. The second-order valence-corrected chi connectivity index (χ2v) is 4.34. The van der Waals surface area contributed by atoms with Gasteiger partial charge in [0.15, 0.2) is 0 Å². The van der Waals surface area contributed by atoms with Crippen LogP contribution in [0, 0.1) is 0 Å². The average Bonchev–Trinajstić information content (AvgIpc) is 2.43. The van der Waals surface area contributed by atoms with Crippen molar-refractivity contribution in [3.63, 3.8) is 0 Å². The highest BCUT2D eigenvalue weighted by molar-refractivity contribution is 5.84. The first-order valence-corrected chi connectivity index (χ1v) is 6.11. The van der Waals surface area contributed by atoms with Crippen LogP contribution in [0.25, 0.3) is 10.8 Å². The van der Waals surface area contributed by atoms with Crippen molar-refractivity contribution >= 4 is 16.7 Å². The summed E-state index contributed by atoms with van der Waals surface area (Å²) in [7, 11) is 3.47. The van der Waals surface area contributed by atoms with E-state index in [1.807, 2.05) is 12.1 Å². The van der Waals surface area contributed by atoms with Gasteiger partial charge in [-0.1, -0.05) is 42.5 Å². The first kappa shape index (κ1) is 12.6. The zero-order valence-corrected chi connectivity index (χ0v) is 10.7. The van der Waals surface area contributed by atoms with Gasteiger partial charge < -0.3 is 10.6 Å². The van der Waals surface area contributed by atoms with E-state index in [9.17, 15) is 4.79 Å². The normalized spacial score (nSPS) is 12.3. The summed E-state index contributed by atoms with van der Waals surface area (Å²) in [6.45, 7) is 0. The zero-order chi connectivity index (χ0) is 13.0. The lowest BCUT2D eigenvalue weighted by molar-refractivity contribution is -0.122. The smallest absolute Gasteiger partial charge is 0.237 e. The van der Waals surface area contributed by atoms with Crippen molar-refractivity contribution < 1.29 is 4.79 Å². The van der Waals surface area contributed by atoms with Crippen molar-refractivity contribution in [1.82, 2.24) is 10.6 Å². The molecule has 0 radical (unpaired) electrons. The van der Waals surface area contributed by atoms with Crippen LogP contribution in [-0.4, -0.2) is 26.0 Å². The van der Waals surface area contributed by atoms with Crippen LogP contribution in [0.1, 0.15) is 5.56 Å². The lowest BCUT2D eigenvalue weighted by Gasteiger charge is -2.14. The van der Waals surface area contributed by atoms with Gasteiger partial charge in [0.2, 0.25) is 5.91 Å². The summed E-state index contributed by atoms with van der Waals surface area (Å²) >= 11 is 0. The van der Waals surface area contributed by atoms with E-state index in [2.05, 4.69) is 41.0 Å². The molecule has 3 heteroatoms. The topological polar surface area (TPSA) is 41.1 Å². The summed E-state index contributed by atoms with van der Waals surface area (Å²) in [5, 5.41) is 8.14. The van der Waals surface area contributed by atoms with E-state index in [1.165, 1.54) is 10.8 Å². The van der Waals surface area contributed by atoms with Crippen LogP contribution in [0.3, 0.4) is 0 Å². The fourth-order valence-corrected chi connectivity index (χ4v) is 2.10. The molecule has 0 aromatic heterocycles. The van der Waals surface area contributed by atoms with Crippen molar-refractivity contribution in [1.29, 1.82) is 0 Å². The molecule has 0 saturated heterocycles. The van der Waals surface area contributed by atoms with E-state index in [1.54, 1.807) is 14.1 Å². The van der Waals surface area contributed by atoms with E-state index in [-0.39, 0.29) is 11.9 Å². The molecule has 0 heterocycles. The average molecular weight is 242 g/mol. The Balaban J connectivity index is 2.23. The second-order valence-electron chi connectivity index (χ2n) is 4.34. The highest BCUT2D eigenvalue weighted by Crippen LogP contribution is 2.16. The van der Waals surface area contributed by atoms with Crippen LogP contribution in [0.15, 0.2) is 42.5 Å². The minimum atomic E-state index is -0.184. The maximum Gasteiger partial charge on any atom is 0.237 e. The number of carbonyl (C=O) groups excluding carboxylic acids is 1. The molecule has 2 N–H and O–H groups in total. The predicted octanol–water partition coefficient (Wildman–Crippen LogP) is 1.72. The third-order valence-corrected chi connectivity index (χ3v) is 3.17. The molecule has 2 aromatic rings. The summed E-state index contributed by atoms with van der Waals surface area (Å²) in [6, 6.07) is 14.4. The van der Waals surface area contributed by atoms with E-state index < -0.39 is 0 Å². The van der Waals surface area contributed by atoms with Gasteiger partial charge in [-0.15, -0.1) is 0 Å². The Bertz CT molecular complexity index is 551. The first-order valence-electron chi connectivity index (χ1n) is 6.11. The summed E-state index contributed by atoms with van der Waals surface area (Å²) in [4.78, 5) is 11.6. The third kappa shape index (κ3) is 2.68. The molecule has 0 aliphatic carbocycles. The van der Waals surface area contributed by atoms with Gasteiger partial charge in [0.1, 0.15) is 0 Å². The molecule has 0 bridgehead atoms. The van der Waals surface area contributed by atoms with Crippen LogP contribution < -0.4 is 10.6 Å². The van der Waals surface area contributed by atoms with Crippen LogP contribution in [0.4, 0.5) is 0 Å². The van der Waals surface area contributed by atoms with Gasteiger partial charge >= 0.3 is 0 Å². The van der Waals surface area contributed by atoms with E-state index in [0.29, 0.717) is 6.42 Å². The van der Waals surface area contributed by atoms with Gasteiger partial charge in [0.05, 0.1) is 6.04 Å². The number of fused-ring (bicyclic) bond motifs is 1. The van der Waals surface area contributed by atoms with Gasteiger partial charge in [-0.05, 0) is 29.8 Å². The van der Waals surface area contributed by atoms with Crippen LogP contribution >= 0.6 is 0 Å². The molecule has 18 heavy (non-hydrogen) atoms. The monoisotopic (exact) mass is 242 g/mol. The fraction of sp³-hybridized carbons (Fsp3) is 0.267. The molecule has 1 atom stereocenters. The first-order chi connectivity index (χ1) is 8.74. The zero-order valence-electron chi connectivity index (χ0n) is 10.7. The lowest BCUT2D eigenvalue weighted by Crippen LogP contribution is -2.42. The van der Waals surface area contributed by atoms with E-state index in [0.717, 1.165) is 5.56 Å². The number of hydrogen-bond acceptors (Lipinski definition) is 2. The number of amides is 1.